The Bertz CT molecular complexity index is 1180. The predicted octanol–water partition coefficient (Wildman–Crippen LogP) is 8.87. The molecule has 3 aromatic carbocycles. The lowest BCUT2D eigenvalue weighted by atomic mass is 9.97. The van der Waals surface area contributed by atoms with Gasteiger partial charge in [0.15, 0.2) is 23.2 Å². The van der Waals surface area contributed by atoms with Crippen LogP contribution in [0.4, 0.5) is 26.3 Å². The minimum atomic E-state index is -4.54. The van der Waals surface area contributed by atoms with E-state index in [1.165, 1.54) is 12.1 Å². The van der Waals surface area contributed by atoms with Gasteiger partial charge in [0.25, 0.3) is 0 Å². The zero-order valence-electron chi connectivity index (χ0n) is 19.4. The molecule has 1 radical (unpaired) electrons. The van der Waals surface area contributed by atoms with Crippen molar-refractivity contribution in [2.24, 2.45) is 0 Å². The van der Waals surface area contributed by atoms with Crippen molar-refractivity contribution < 1.29 is 36.2 Å². The second kappa shape index (κ2) is 11.1. The van der Waals surface area contributed by atoms with Crippen LogP contribution in [0.2, 0.25) is 0 Å². The van der Waals surface area contributed by atoms with Crippen molar-refractivity contribution in [3.63, 3.8) is 0 Å². The van der Waals surface area contributed by atoms with Crippen LogP contribution in [-0.4, -0.2) is 0 Å². The minimum Gasteiger partial charge on any atom is -0.429 e. The molecule has 0 spiro atoms. The second-order valence-corrected chi connectivity index (χ2v) is 8.25. The van der Waals surface area contributed by atoms with Crippen LogP contribution in [0.5, 0.6) is 11.5 Å². The lowest BCUT2D eigenvalue weighted by Gasteiger charge is -2.21. The standard InChI is InChI=1S/C27H25F6O2/c1-3-5-6-7-8-16-9-12-18(13-10-16)35-27(32,33)23-20(28)15-21(34)22(26(23)31)19-14-11-17(4-2)24(29)25(19)30/h9-15H,3-8H2,1-2H3. The molecule has 3 aromatic rings. The van der Waals surface area contributed by atoms with Gasteiger partial charge in [0, 0.05) is 11.6 Å². The highest BCUT2D eigenvalue weighted by molar-refractivity contribution is 5.73. The van der Waals surface area contributed by atoms with E-state index in [0.29, 0.717) is 0 Å². The third-order valence-corrected chi connectivity index (χ3v) is 5.77. The molecule has 0 aliphatic carbocycles. The number of hydrogen-bond donors (Lipinski definition) is 0. The van der Waals surface area contributed by atoms with Gasteiger partial charge in [0.05, 0.1) is 5.56 Å². The highest BCUT2D eigenvalue weighted by Gasteiger charge is 2.43. The van der Waals surface area contributed by atoms with Gasteiger partial charge in [-0.15, -0.1) is 0 Å². The van der Waals surface area contributed by atoms with Gasteiger partial charge in [0.1, 0.15) is 17.1 Å². The molecule has 0 bridgehead atoms. The summed E-state index contributed by atoms with van der Waals surface area (Å²) in [7, 11) is 0. The monoisotopic (exact) mass is 495 g/mol. The number of ether oxygens (including phenoxy) is 1. The quantitative estimate of drug-likeness (QED) is 0.204. The Labute approximate surface area is 200 Å². The first-order valence-corrected chi connectivity index (χ1v) is 11.4. The molecule has 0 atom stereocenters. The van der Waals surface area contributed by atoms with E-state index in [-0.39, 0.29) is 23.8 Å². The molecule has 8 heteroatoms. The highest BCUT2D eigenvalue weighted by atomic mass is 19.3. The zero-order chi connectivity index (χ0) is 25.8. The molecule has 0 aliphatic heterocycles. The van der Waals surface area contributed by atoms with E-state index in [9.17, 15) is 27.1 Å². The molecule has 0 saturated carbocycles. The summed E-state index contributed by atoms with van der Waals surface area (Å²) in [5, 5.41) is 12.2. The molecule has 0 aromatic heterocycles. The van der Waals surface area contributed by atoms with E-state index in [0.717, 1.165) is 49.8 Å². The van der Waals surface area contributed by atoms with Crippen LogP contribution in [0.3, 0.4) is 0 Å². The van der Waals surface area contributed by atoms with Gasteiger partial charge in [0.2, 0.25) is 0 Å². The van der Waals surface area contributed by atoms with Gasteiger partial charge < -0.3 is 4.74 Å². The van der Waals surface area contributed by atoms with Gasteiger partial charge in [-0.1, -0.05) is 57.4 Å². The maximum atomic E-state index is 15.1. The van der Waals surface area contributed by atoms with Crippen LogP contribution in [-0.2, 0) is 24.1 Å². The van der Waals surface area contributed by atoms with Gasteiger partial charge in [-0.3, -0.25) is 5.11 Å². The van der Waals surface area contributed by atoms with Crippen LogP contribution in [0, 0.1) is 23.3 Å². The van der Waals surface area contributed by atoms with Crippen molar-refractivity contribution in [3.8, 4) is 22.6 Å². The molecular formula is C27H25F6O2. The molecule has 187 valence electrons. The Morgan fingerprint density at radius 3 is 2.14 bits per heavy atom. The highest BCUT2D eigenvalue weighted by Crippen LogP contribution is 2.43. The summed E-state index contributed by atoms with van der Waals surface area (Å²) in [5.74, 6) is -8.57. The lowest BCUT2D eigenvalue weighted by molar-refractivity contribution is -0.189. The summed E-state index contributed by atoms with van der Waals surface area (Å²) in [5.41, 5.74) is -3.11. The number of halogens is 6. The molecule has 3 rings (SSSR count). The third-order valence-electron chi connectivity index (χ3n) is 5.77. The molecular weight excluding hydrogens is 470 g/mol. The van der Waals surface area contributed by atoms with E-state index >= 15 is 4.39 Å². The Balaban J connectivity index is 1.94. The van der Waals surface area contributed by atoms with Crippen LogP contribution in [0.1, 0.15) is 56.2 Å². The smallest absolute Gasteiger partial charge is 0.429 e. The van der Waals surface area contributed by atoms with E-state index in [1.807, 2.05) is 0 Å². The number of hydrogen-bond acceptors (Lipinski definition) is 1. The summed E-state index contributed by atoms with van der Waals surface area (Å²) in [4.78, 5) is 0. The summed E-state index contributed by atoms with van der Waals surface area (Å²) in [6.07, 6.45) is 0.443. The summed E-state index contributed by atoms with van der Waals surface area (Å²) in [6, 6.07) is 7.76. The van der Waals surface area contributed by atoms with Crippen molar-refractivity contribution in [1.82, 2.24) is 0 Å². The largest absolute Gasteiger partial charge is 0.432 e. The van der Waals surface area contributed by atoms with E-state index < -0.39 is 51.8 Å². The SMILES string of the molecule is CCCCCCc1ccc(OC(F)(F)c2c(F)cc([O])c(-c3ccc(CC)c(F)c3F)c2F)cc1. The topological polar surface area (TPSA) is 29.1 Å². The van der Waals surface area contributed by atoms with Crippen molar-refractivity contribution >= 4 is 0 Å². The number of unbranched alkanes of at least 4 members (excludes halogenated alkanes) is 3. The molecule has 0 amide bonds. The first-order valence-electron chi connectivity index (χ1n) is 11.4. The average Bonchev–Trinajstić information content (AvgIpc) is 2.80. The van der Waals surface area contributed by atoms with Crippen LogP contribution in [0.25, 0.3) is 11.1 Å². The molecule has 0 N–H and O–H groups in total. The van der Waals surface area contributed by atoms with E-state index in [1.54, 1.807) is 19.1 Å². The maximum absolute atomic E-state index is 15.1. The zero-order valence-corrected chi connectivity index (χ0v) is 19.4. The van der Waals surface area contributed by atoms with E-state index in [4.69, 9.17) is 0 Å². The van der Waals surface area contributed by atoms with Crippen LogP contribution >= 0.6 is 0 Å². The van der Waals surface area contributed by atoms with Gasteiger partial charge >= 0.3 is 6.11 Å². The van der Waals surface area contributed by atoms with Crippen molar-refractivity contribution in [2.45, 2.75) is 58.5 Å². The Kier molecular flexibility index (Phi) is 8.35. The fraction of sp³-hybridized carbons (Fsp3) is 0.333. The lowest BCUT2D eigenvalue weighted by Crippen LogP contribution is -2.25. The maximum Gasteiger partial charge on any atom is 0.432 e. The fourth-order valence-electron chi connectivity index (χ4n) is 3.85. The Morgan fingerprint density at radius 1 is 0.829 bits per heavy atom. The number of benzene rings is 3. The molecule has 0 aliphatic rings. The van der Waals surface area contributed by atoms with Gasteiger partial charge in [-0.25, -0.2) is 17.6 Å². The van der Waals surface area contributed by atoms with Gasteiger partial charge in [-0.2, -0.15) is 8.78 Å². The van der Waals surface area contributed by atoms with Crippen LogP contribution in [0.15, 0.2) is 42.5 Å². The summed E-state index contributed by atoms with van der Waals surface area (Å²) >= 11 is 0. The first-order chi connectivity index (χ1) is 16.6. The molecule has 0 saturated heterocycles. The summed E-state index contributed by atoms with van der Waals surface area (Å²) in [6.45, 7) is 3.63. The Morgan fingerprint density at radius 2 is 1.51 bits per heavy atom. The minimum absolute atomic E-state index is 0.0519. The van der Waals surface area contributed by atoms with Crippen molar-refractivity contribution in [3.05, 3.63) is 82.4 Å². The Hall–Kier alpha value is -3.16. The normalized spacial score (nSPS) is 11.7. The second-order valence-electron chi connectivity index (χ2n) is 8.25. The van der Waals surface area contributed by atoms with Crippen molar-refractivity contribution in [2.75, 3.05) is 0 Å². The van der Waals surface area contributed by atoms with Gasteiger partial charge in [-0.05, 0) is 42.5 Å². The molecule has 0 fully saturated rings. The average molecular weight is 495 g/mol. The number of alkyl halides is 2. The van der Waals surface area contributed by atoms with Crippen molar-refractivity contribution in [1.29, 1.82) is 0 Å². The molecule has 0 heterocycles. The predicted molar refractivity (Wildman–Crippen MR) is 120 cm³/mol. The third kappa shape index (κ3) is 5.74. The number of aryl methyl sites for hydroxylation is 2. The number of rotatable bonds is 10. The van der Waals surface area contributed by atoms with E-state index in [2.05, 4.69) is 11.7 Å². The van der Waals surface area contributed by atoms with Crippen LogP contribution < -0.4 is 4.74 Å². The fourth-order valence-corrected chi connectivity index (χ4v) is 3.85. The molecule has 0 unspecified atom stereocenters. The first kappa shape index (κ1) is 26.4. The molecule has 35 heavy (non-hydrogen) atoms. The summed E-state index contributed by atoms with van der Waals surface area (Å²) < 4.78 is 92.7. The molecule has 2 nitrogen and oxygen atoms in total.